The number of anilines is 1. The molecule has 0 saturated heterocycles. The maximum Gasteiger partial charge on any atom is 0.255 e. The van der Waals surface area contributed by atoms with E-state index in [4.69, 9.17) is 0 Å². The number of hydrogen-bond acceptors (Lipinski definition) is 4. The van der Waals surface area contributed by atoms with Gasteiger partial charge in [-0.2, -0.15) is 0 Å². The van der Waals surface area contributed by atoms with Crippen molar-refractivity contribution in [2.75, 3.05) is 5.32 Å². The molecule has 2 amide bonds. The lowest BCUT2D eigenvalue weighted by Crippen LogP contribution is -2.27. The molecular formula is C20H17FN4O2. The van der Waals surface area contributed by atoms with Gasteiger partial charge in [-0.3, -0.25) is 19.6 Å². The van der Waals surface area contributed by atoms with E-state index in [1.54, 1.807) is 55.7 Å². The van der Waals surface area contributed by atoms with Crippen LogP contribution in [0.25, 0.3) is 0 Å². The zero-order valence-corrected chi connectivity index (χ0v) is 14.5. The van der Waals surface area contributed by atoms with Crippen LogP contribution >= 0.6 is 0 Å². The van der Waals surface area contributed by atoms with Crippen molar-refractivity contribution in [1.82, 2.24) is 15.3 Å². The number of amides is 2. The summed E-state index contributed by atoms with van der Waals surface area (Å²) in [7, 11) is 0. The average Bonchev–Trinajstić information content (AvgIpc) is 2.69. The quantitative estimate of drug-likeness (QED) is 0.727. The van der Waals surface area contributed by atoms with Crippen molar-refractivity contribution in [3.63, 3.8) is 0 Å². The van der Waals surface area contributed by atoms with Gasteiger partial charge < -0.3 is 10.6 Å². The SMILES string of the molecule is CC(NC(=O)c1ccncc1F)c1ccc(NC(=O)c2ccncc2)cc1. The van der Waals surface area contributed by atoms with Crippen molar-refractivity contribution in [2.45, 2.75) is 13.0 Å². The Morgan fingerprint density at radius 1 is 0.926 bits per heavy atom. The number of carbonyl (C=O) groups is 2. The van der Waals surface area contributed by atoms with Crippen molar-refractivity contribution in [3.05, 3.63) is 89.8 Å². The molecule has 1 atom stereocenters. The average molecular weight is 364 g/mol. The van der Waals surface area contributed by atoms with E-state index in [1.165, 1.54) is 12.3 Å². The number of nitrogens with one attached hydrogen (secondary N) is 2. The molecule has 6 nitrogen and oxygen atoms in total. The van der Waals surface area contributed by atoms with Gasteiger partial charge in [0, 0.05) is 29.8 Å². The molecule has 0 aliphatic heterocycles. The maximum atomic E-state index is 13.6. The minimum Gasteiger partial charge on any atom is -0.345 e. The minimum absolute atomic E-state index is 0.0573. The van der Waals surface area contributed by atoms with Gasteiger partial charge in [-0.05, 0) is 42.8 Å². The normalized spacial score (nSPS) is 11.5. The van der Waals surface area contributed by atoms with Crippen molar-refractivity contribution >= 4 is 17.5 Å². The van der Waals surface area contributed by atoms with Crippen LogP contribution in [-0.4, -0.2) is 21.8 Å². The number of halogens is 1. The number of hydrogen-bond donors (Lipinski definition) is 2. The van der Waals surface area contributed by atoms with Crippen molar-refractivity contribution < 1.29 is 14.0 Å². The summed E-state index contributed by atoms with van der Waals surface area (Å²) in [5.74, 6) is -1.42. The van der Waals surface area contributed by atoms with Gasteiger partial charge in [-0.1, -0.05) is 12.1 Å². The van der Waals surface area contributed by atoms with E-state index in [0.29, 0.717) is 11.3 Å². The molecule has 0 saturated carbocycles. The molecule has 2 N–H and O–H groups in total. The summed E-state index contributed by atoms with van der Waals surface area (Å²) in [5, 5.41) is 5.53. The first-order chi connectivity index (χ1) is 13.0. The third-order valence-corrected chi connectivity index (χ3v) is 3.98. The molecule has 0 bridgehead atoms. The fourth-order valence-electron chi connectivity index (χ4n) is 2.48. The summed E-state index contributed by atoms with van der Waals surface area (Å²) in [4.78, 5) is 31.8. The van der Waals surface area contributed by atoms with Gasteiger partial charge in [0.15, 0.2) is 5.82 Å². The molecule has 0 fully saturated rings. The van der Waals surface area contributed by atoms with Crippen LogP contribution in [0, 0.1) is 5.82 Å². The lowest BCUT2D eigenvalue weighted by atomic mass is 10.1. The summed E-state index contributed by atoms with van der Waals surface area (Å²) in [6.45, 7) is 1.79. The summed E-state index contributed by atoms with van der Waals surface area (Å²) < 4.78 is 13.6. The zero-order chi connectivity index (χ0) is 19.2. The highest BCUT2D eigenvalue weighted by Crippen LogP contribution is 2.18. The Bertz CT molecular complexity index is 946. The van der Waals surface area contributed by atoms with Gasteiger partial charge in [0.2, 0.25) is 0 Å². The molecule has 0 radical (unpaired) electrons. The minimum atomic E-state index is -0.670. The number of benzene rings is 1. The third kappa shape index (κ3) is 4.52. The lowest BCUT2D eigenvalue weighted by molar-refractivity contribution is 0.0935. The molecule has 3 rings (SSSR count). The van der Waals surface area contributed by atoms with Crippen LogP contribution in [0.5, 0.6) is 0 Å². The smallest absolute Gasteiger partial charge is 0.255 e. The maximum absolute atomic E-state index is 13.6. The summed E-state index contributed by atoms with van der Waals surface area (Å²) >= 11 is 0. The van der Waals surface area contributed by atoms with Crippen molar-refractivity contribution in [1.29, 1.82) is 0 Å². The van der Waals surface area contributed by atoms with Gasteiger partial charge in [0.1, 0.15) is 0 Å². The fourth-order valence-corrected chi connectivity index (χ4v) is 2.48. The molecule has 1 aromatic carbocycles. The van der Waals surface area contributed by atoms with E-state index >= 15 is 0 Å². The summed E-state index contributed by atoms with van der Waals surface area (Å²) in [6.07, 6.45) is 5.46. The largest absolute Gasteiger partial charge is 0.345 e. The van der Waals surface area contributed by atoms with Crippen molar-refractivity contribution in [3.8, 4) is 0 Å². The van der Waals surface area contributed by atoms with Gasteiger partial charge in [-0.25, -0.2) is 4.39 Å². The Kier molecular flexibility index (Phi) is 5.51. The molecular weight excluding hydrogens is 347 g/mol. The van der Waals surface area contributed by atoms with E-state index < -0.39 is 11.7 Å². The number of rotatable bonds is 5. The van der Waals surface area contributed by atoms with Crippen molar-refractivity contribution in [2.24, 2.45) is 0 Å². The van der Waals surface area contributed by atoms with Gasteiger partial charge in [0.05, 0.1) is 17.8 Å². The van der Waals surface area contributed by atoms with Crippen LogP contribution < -0.4 is 10.6 Å². The monoisotopic (exact) mass is 364 g/mol. The molecule has 7 heteroatoms. The van der Waals surface area contributed by atoms with E-state index in [9.17, 15) is 14.0 Å². The fraction of sp³-hybridized carbons (Fsp3) is 0.100. The van der Waals surface area contributed by atoms with Gasteiger partial charge in [0.25, 0.3) is 11.8 Å². The van der Waals surface area contributed by atoms with Gasteiger partial charge in [-0.15, -0.1) is 0 Å². The highest BCUT2D eigenvalue weighted by atomic mass is 19.1. The molecule has 3 aromatic rings. The Morgan fingerprint density at radius 3 is 2.26 bits per heavy atom. The standard InChI is InChI=1S/C20H17FN4O2/c1-13(24-20(27)17-8-11-23-12-18(17)21)14-2-4-16(5-3-14)25-19(26)15-6-9-22-10-7-15/h2-13H,1H3,(H,24,27)(H,25,26). The lowest BCUT2D eigenvalue weighted by Gasteiger charge is -2.15. The molecule has 1 unspecified atom stereocenters. The van der Waals surface area contributed by atoms with Crippen LogP contribution in [0.15, 0.2) is 67.3 Å². The Hall–Kier alpha value is -3.61. The van der Waals surface area contributed by atoms with Crippen LogP contribution in [-0.2, 0) is 0 Å². The second-order valence-corrected chi connectivity index (χ2v) is 5.86. The van der Waals surface area contributed by atoms with E-state index in [1.807, 2.05) is 0 Å². The second kappa shape index (κ2) is 8.18. The highest BCUT2D eigenvalue weighted by molar-refractivity contribution is 6.04. The van der Waals surface area contributed by atoms with Crippen LogP contribution in [0.2, 0.25) is 0 Å². The molecule has 136 valence electrons. The van der Waals surface area contributed by atoms with E-state index in [-0.39, 0.29) is 17.5 Å². The highest BCUT2D eigenvalue weighted by Gasteiger charge is 2.15. The van der Waals surface area contributed by atoms with Crippen LogP contribution in [0.1, 0.15) is 39.2 Å². The number of aromatic nitrogens is 2. The molecule has 0 spiro atoms. The Balaban J connectivity index is 1.63. The first-order valence-corrected chi connectivity index (χ1v) is 8.26. The molecule has 2 aromatic heterocycles. The topological polar surface area (TPSA) is 84.0 Å². The van der Waals surface area contributed by atoms with E-state index in [0.717, 1.165) is 11.8 Å². The first kappa shape index (κ1) is 18.2. The summed E-state index contributed by atoms with van der Waals surface area (Å²) in [5.41, 5.74) is 1.89. The first-order valence-electron chi connectivity index (χ1n) is 8.26. The predicted molar refractivity (Wildman–Crippen MR) is 98.7 cm³/mol. The summed E-state index contributed by atoms with van der Waals surface area (Å²) in [6, 6.07) is 11.3. The molecule has 2 heterocycles. The van der Waals surface area contributed by atoms with Gasteiger partial charge >= 0.3 is 0 Å². The van der Waals surface area contributed by atoms with E-state index in [2.05, 4.69) is 20.6 Å². The molecule has 0 aliphatic carbocycles. The zero-order valence-electron chi connectivity index (χ0n) is 14.5. The second-order valence-electron chi connectivity index (χ2n) is 5.86. The number of carbonyl (C=O) groups excluding carboxylic acids is 2. The number of pyridine rings is 2. The third-order valence-electron chi connectivity index (χ3n) is 3.98. The Labute approximate surface area is 155 Å². The molecule has 27 heavy (non-hydrogen) atoms. The Morgan fingerprint density at radius 2 is 1.59 bits per heavy atom. The molecule has 0 aliphatic rings. The van der Waals surface area contributed by atoms with Crippen LogP contribution in [0.3, 0.4) is 0 Å². The predicted octanol–water partition coefficient (Wildman–Crippen LogP) is 3.36. The van der Waals surface area contributed by atoms with Crippen LogP contribution in [0.4, 0.5) is 10.1 Å². The number of nitrogens with zero attached hydrogens (tertiary/aromatic N) is 2.